The van der Waals surface area contributed by atoms with Crippen LogP contribution in [0.3, 0.4) is 0 Å². The summed E-state index contributed by atoms with van der Waals surface area (Å²) in [6.07, 6.45) is 1.08. The minimum Gasteiger partial charge on any atom is -0.346 e. The van der Waals surface area contributed by atoms with Crippen LogP contribution < -0.4 is 5.32 Å². The molecule has 0 radical (unpaired) electrons. The Morgan fingerprint density at radius 2 is 1.53 bits per heavy atom. The van der Waals surface area contributed by atoms with Gasteiger partial charge in [-0.2, -0.15) is 0 Å². The number of carbonyl (C=O) groups is 2. The summed E-state index contributed by atoms with van der Waals surface area (Å²) in [6, 6.07) is 27.3. The quantitative estimate of drug-likeness (QED) is 0.405. The SMILES string of the molecule is CC(NC(=O)CCc1ccccc1)c1nc2ccccc2n1CC(=O)N(C)Cc1ccccc1. The molecule has 0 spiro atoms. The van der Waals surface area contributed by atoms with Crippen LogP contribution in [0.4, 0.5) is 0 Å². The Labute approximate surface area is 200 Å². The van der Waals surface area contributed by atoms with Crippen molar-refractivity contribution in [1.82, 2.24) is 19.8 Å². The van der Waals surface area contributed by atoms with Crippen molar-refractivity contribution < 1.29 is 9.59 Å². The molecular weight excluding hydrogens is 424 g/mol. The lowest BCUT2D eigenvalue weighted by Crippen LogP contribution is -2.32. The summed E-state index contributed by atoms with van der Waals surface area (Å²) >= 11 is 0. The molecule has 0 fully saturated rings. The zero-order valence-corrected chi connectivity index (χ0v) is 19.6. The zero-order chi connectivity index (χ0) is 23.9. The summed E-state index contributed by atoms with van der Waals surface area (Å²) in [5, 5.41) is 3.06. The van der Waals surface area contributed by atoms with Gasteiger partial charge in [0.05, 0.1) is 17.1 Å². The van der Waals surface area contributed by atoms with E-state index in [1.807, 2.05) is 103 Å². The summed E-state index contributed by atoms with van der Waals surface area (Å²) in [4.78, 5) is 32.2. The highest BCUT2D eigenvalue weighted by Gasteiger charge is 2.21. The van der Waals surface area contributed by atoms with Crippen molar-refractivity contribution in [2.75, 3.05) is 7.05 Å². The molecule has 1 N–H and O–H groups in total. The number of para-hydroxylation sites is 2. The van der Waals surface area contributed by atoms with Crippen molar-refractivity contribution in [3.8, 4) is 0 Å². The molecule has 0 saturated carbocycles. The molecule has 4 aromatic rings. The average Bonchev–Trinajstić information content (AvgIpc) is 3.22. The summed E-state index contributed by atoms with van der Waals surface area (Å²) in [6.45, 7) is 2.60. The molecular formula is C28H30N4O2. The number of aryl methyl sites for hydroxylation is 1. The molecule has 4 rings (SSSR count). The Morgan fingerprint density at radius 1 is 0.912 bits per heavy atom. The van der Waals surface area contributed by atoms with E-state index in [0.717, 1.165) is 22.2 Å². The monoisotopic (exact) mass is 454 g/mol. The minimum atomic E-state index is -0.331. The molecule has 1 unspecified atom stereocenters. The van der Waals surface area contributed by atoms with E-state index in [0.29, 0.717) is 25.2 Å². The maximum Gasteiger partial charge on any atom is 0.242 e. The predicted molar refractivity (Wildman–Crippen MR) is 134 cm³/mol. The number of imidazole rings is 1. The number of fused-ring (bicyclic) bond motifs is 1. The number of nitrogens with one attached hydrogen (secondary N) is 1. The molecule has 174 valence electrons. The smallest absolute Gasteiger partial charge is 0.242 e. The Balaban J connectivity index is 1.48. The third-order valence-corrected chi connectivity index (χ3v) is 5.91. The first-order chi connectivity index (χ1) is 16.5. The van der Waals surface area contributed by atoms with Crippen LogP contribution in [0.5, 0.6) is 0 Å². The first-order valence-corrected chi connectivity index (χ1v) is 11.6. The maximum absolute atomic E-state index is 13.1. The van der Waals surface area contributed by atoms with Crippen LogP contribution >= 0.6 is 0 Å². The number of nitrogens with zero attached hydrogens (tertiary/aromatic N) is 3. The van der Waals surface area contributed by atoms with Crippen LogP contribution in [0.2, 0.25) is 0 Å². The van der Waals surface area contributed by atoms with E-state index in [-0.39, 0.29) is 24.4 Å². The van der Waals surface area contributed by atoms with E-state index in [4.69, 9.17) is 4.98 Å². The molecule has 0 aliphatic heterocycles. The second kappa shape index (κ2) is 10.8. The number of benzene rings is 3. The third kappa shape index (κ3) is 5.70. The van der Waals surface area contributed by atoms with Gasteiger partial charge in [0.1, 0.15) is 12.4 Å². The molecule has 2 amide bonds. The van der Waals surface area contributed by atoms with Crippen LogP contribution in [-0.4, -0.2) is 33.3 Å². The van der Waals surface area contributed by atoms with Crippen molar-refractivity contribution in [2.45, 2.75) is 38.9 Å². The van der Waals surface area contributed by atoms with Crippen molar-refractivity contribution in [3.63, 3.8) is 0 Å². The predicted octanol–water partition coefficient (Wildman–Crippen LogP) is 4.50. The minimum absolute atomic E-state index is 0.0177. The molecule has 0 aliphatic rings. The van der Waals surface area contributed by atoms with E-state index in [9.17, 15) is 9.59 Å². The Kier molecular flexibility index (Phi) is 7.38. The molecule has 3 aromatic carbocycles. The Bertz CT molecular complexity index is 1250. The Hall–Kier alpha value is -3.93. The molecule has 0 bridgehead atoms. The van der Waals surface area contributed by atoms with Crippen LogP contribution in [0.25, 0.3) is 11.0 Å². The maximum atomic E-state index is 13.1. The fourth-order valence-electron chi connectivity index (χ4n) is 4.07. The summed E-state index contributed by atoms with van der Waals surface area (Å²) in [5.41, 5.74) is 3.89. The molecule has 1 heterocycles. The number of carbonyl (C=O) groups excluding carboxylic acids is 2. The molecule has 6 nitrogen and oxygen atoms in total. The van der Waals surface area contributed by atoms with Gasteiger partial charge in [0, 0.05) is 20.0 Å². The van der Waals surface area contributed by atoms with Crippen LogP contribution in [0.15, 0.2) is 84.9 Å². The number of rotatable bonds is 9. The van der Waals surface area contributed by atoms with Gasteiger partial charge >= 0.3 is 0 Å². The summed E-state index contributed by atoms with van der Waals surface area (Å²) < 4.78 is 1.92. The van der Waals surface area contributed by atoms with Gasteiger partial charge in [-0.1, -0.05) is 72.8 Å². The van der Waals surface area contributed by atoms with Gasteiger partial charge in [0.25, 0.3) is 0 Å². The molecule has 1 aromatic heterocycles. The van der Waals surface area contributed by atoms with E-state index in [1.165, 1.54) is 0 Å². The van der Waals surface area contributed by atoms with Gasteiger partial charge in [-0.3, -0.25) is 9.59 Å². The summed E-state index contributed by atoms with van der Waals surface area (Å²) in [7, 11) is 1.81. The standard InChI is InChI=1S/C28H30N4O2/c1-21(29-26(33)18-17-22-11-5-3-6-12-22)28-30-24-15-9-10-16-25(24)32(28)20-27(34)31(2)19-23-13-7-4-8-14-23/h3-16,21H,17-20H2,1-2H3,(H,29,33). The second-order valence-corrected chi connectivity index (χ2v) is 8.56. The van der Waals surface area contributed by atoms with Crippen LogP contribution in [-0.2, 0) is 29.1 Å². The molecule has 0 saturated heterocycles. The van der Waals surface area contributed by atoms with Gasteiger partial charge in [-0.15, -0.1) is 0 Å². The number of hydrogen-bond donors (Lipinski definition) is 1. The largest absolute Gasteiger partial charge is 0.346 e. The molecule has 0 aliphatic carbocycles. The van der Waals surface area contributed by atoms with E-state index < -0.39 is 0 Å². The van der Waals surface area contributed by atoms with E-state index >= 15 is 0 Å². The number of hydrogen-bond acceptors (Lipinski definition) is 3. The highest BCUT2D eigenvalue weighted by atomic mass is 16.2. The fourth-order valence-corrected chi connectivity index (χ4v) is 4.07. The van der Waals surface area contributed by atoms with Gasteiger partial charge in [-0.25, -0.2) is 4.98 Å². The Morgan fingerprint density at radius 3 is 2.24 bits per heavy atom. The first-order valence-electron chi connectivity index (χ1n) is 11.6. The first kappa shape index (κ1) is 23.2. The molecule has 6 heteroatoms. The van der Waals surface area contributed by atoms with Gasteiger partial charge in [-0.05, 0) is 36.6 Å². The highest BCUT2D eigenvalue weighted by molar-refractivity contribution is 5.81. The average molecular weight is 455 g/mol. The van der Waals surface area contributed by atoms with Gasteiger partial charge in [0.15, 0.2) is 0 Å². The van der Waals surface area contributed by atoms with Crippen molar-refractivity contribution in [3.05, 3.63) is 102 Å². The molecule has 1 atom stereocenters. The van der Waals surface area contributed by atoms with Crippen molar-refractivity contribution in [1.29, 1.82) is 0 Å². The number of amides is 2. The van der Waals surface area contributed by atoms with Crippen LogP contribution in [0, 0.1) is 0 Å². The number of likely N-dealkylation sites (N-methyl/N-ethyl adjacent to an activating group) is 1. The topological polar surface area (TPSA) is 67.2 Å². The summed E-state index contributed by atoms with van der Waals surface area (Å²) in [5.74, 6) is 0.620. The highest BCUT2D eigenvalue weighted by Crippen LogP contribution is 2.21. The van der Waals surface area contributed by atoms with Crippen LogP contribution in [0.1, 0.15) is 36.3 Å². The van der Waals surface area contributed by atoms with Gasteiger partial charge in [0.2, 0.25) is 11.8 Å². The van der Waals surface area contributed by atoms with Crippen molar-refractivity contribution >= 4 is 22.8 Å². The normalized spacial score (nSPS) is 11.8. The second-order valence-electron chi connectivity index (χ2n) is 8.56. The lowest BCUT2D eigenvalue weighted by Gasteiger charge is -2.20. The zero-order valence-electron chi connectivity index (χ0n) is 19.6. The number of aromatic nitrogens is 2. The van der Waals surface area contributed by atoms with E-state index in [1.54, 1.807) is 4.90 Å². The lowest BCUT2D eigenvalue weighted by molar-refractivity contribution is -0.131. The third-order valence-electron chi connectivity index (χ3n) is 5.91. The van der Waals surface area contributed by atoms with E-state index in [2.05, 4.69) is 5.32 Å². The fraction of sp³-hybridized carbons (Fsp3) is 0.250. The van der Waals surface area contributed by atoms with Gasteiger partial charge < -0.3 is 14.8 Å². The molecule has 34 heavy (non-hydrogen) atoms. The lowest BCUT2D eigenvalue weighted by atomic mass is 10.1. The van der Waals surface area contributed by atoms with Crippen molar-refractivity contribution in [2.24, 2.45) is 0 Å².